The van der Waals surface area contributed by atoms with E-state index >= 15 is 0 Å². The van der Waals surface area contributed by atoms with Gasteiger partial charge in [-0.25, -0.2) is 29.1 Å². The molecule has 3 aliphatic rings. The first-order chi connectivity index (χ1) is 22.4. The fourth-order valence-electron chi connectivity index (χ4n) is 5.45. The lowest BCUT2D eigenvalue weighted by atomic mass is 10.1. The summed E-state index contributed by atoms with van der Waals surface area (Å²) >= 11 is 0. The van der Waals surface area contributed by atoms with E-state index in [2.05, 4.69) is 29.9 Å². The molecule has 0 aromatic carbocycles. The highest BCUT2D eigenvalue weighted by Crippen LogP contribution is 2.57. The van der Waals surface area contributed by atoms with E-state index in [1.807, 2.05) is 0 Å². The minimum atomic E-state index is -4.58. The summed E-state index contributed by atoms with van der Waals surface area (Å²) < 4.78 is 75.0. The molecule has 0 aliphatic carbocycles. The van der Waals surface area contributed by atoms with E-state index in [4.69, 9.17) is 48.1 Å². The van der Waals surface area contributed by atoms with Gasteiger partial charge >= 0.3 is 15.6 Å². The Balaban J connectivity index is 1.26. The van der Waals surface area contributed by atoms with Gasteiger partial charge in [-0.15, -0.1) is 0 Å². The fraction of sp³-hybridized carbons (Fsp3) is 0.545. The smallest absolute Gasteiger partial charge is 0.387 e. The second kappa shape index (κ2) is 11.9. The average molecular weight is 702 g/mol. The number of rotatable bonds is 4. The van der Waals surface area contributed by atoms with Crippen LogP contribution in [0.15, 0.2) is 23.8 Å². The monoisotopic (exact) mass is 702 g/mol. The number of phosphoric ester groups is 2. The van der Waals surface area contributed by atoms with Crippen LogP contribution in [-0.2, 0) is 45.7 Å². The topological polar surface area (TPSA) is 308 Å². The highest BCUT2D eigenvalue weighted by atomic mass is 31.2. The Hall–Kier alpha value is -3.44. The van der Waals surface area contributed by atoms with Crippen LogP contribution < -0.4 is 17.0 Å². The summed E-state index contributed by atoms with van der Waals surface area (Å²) in [5, 5.41) is 22.6. The quantitative estimate of drug-likeness (QED) is 0.159. The summed E-state index contributed by atoms with van der Waals surface area (Å²) in [6.45, 7) is -1.29. The lowest BCUT2D eigenvalue weighted by Crippen LogP contribution is -2.38. The van der Waals surface area contributed by atoms with Gasteiger partial charge in [0.1, 0.15) is 48.5 Å². The van der Waals surface area contributed by atoms with Crippen molar-refractivity contribution < 1.29 is 56.0 Å². The van der Waals surface area contributed by atoms with Crippen LogP contribution in [0.25, 0.3) is 22.3 Å². The number of nitrogens with zero attached hydrogens (tertiary/aromatic N) is 7. The number of hydrogen-bond donors (Lipinski definition) is 5. The van der Waals surface area contributed by atoms with Crippen LogP contribution in [0.3, 0.4) is 0 Å². The van der Waals surface area contributed by atoms with Gasteiger partial charge in [0.25, 0.3) is 5.56 Å². The molecule has 4 bridgehead atoms. The Kier molecular flexibility index (Phi) is 8.14. The van der Waals surface area contributed by atoms with Crippen molar-refractivity contribution in [2.24, 2.45) is 0 Å². The van der Waals surface area contributed by atoms with Gasteiger partial charge in [-0.05, 0) is 0 Å². The third kappa shape index (κ3) is 5.53. The van der Waals surface area contributed by atoms with Crippen molar-refractivity contribution in [3.8, 4) is 0 Å². The number of fused-ring (bicyclic) bond motifs is 6. The summed E-state index contributed by atoms with van der Waals surface area (Å²) in [6.07, 6.45) is -7.98. The first-order valence-corrected chi connectivity index (χ1v) is 16.7. The van der Waals surface area contributed by atoms with Crippen LogP contribution in [0.5, 0.6) is 0 Å². The van der Waals surface area contributed by atoms with Crippen molar-refractivity contribution in [1.82, 2.24) is 39.0 Å². The summed E-state index contributed by atoms with van der Waals surface area (Å²) in [5.74, 6) is -0.178. The number of nitrogens with one attached hydrogen (secondary N) is 1. The first-order valence-electron chi connectivity index (χ1n) is 13.7. The molecule has 254 valence electrons. The van der Waals surface area contributed by atoms with Crippen LogP contribution >= 0.6 is 15.6 Å². The number of phosphoric acid groups is 2. The number of hydrogen-bond acceptors (Lipinski definition) is 20. The minimum Gasteiger partial charge on any atom is -0.387 e. The number of nitrogen functional groups attached to an aromatic ring is 2. The molecule has 3 aliphatic heterocycles. The van der Waals surface area contributed by atoms with Crippen molar-refractivity contribution in [3.05, 3.63) is 29.3 Å². The second-order valence-corrected chi connectivity index (χ2v) is 13.9. The van der Waals surface area contributed by atoms with Crippen LogP contribution in [-0.4, -0.2) is 113 Å². The number of aromatic nitrogens is 8. The predicted octanol–water partition coefficient (Wildman–Crippen LogP) is -1.03. The maximum atomic E-state index is 13.8. The molecule has 4 aromatic rings. The zero-order chi connectivity index (χ0) is 33.2. The number of ether oxygens (including phenoxy) is 2. The molecule has 7 rings (SSSR count). The third-order valence-corrected chi connectivity index (χ3v) is 10.6. The largest absolute Gasteiger partial charge is 0.475 e. The summed E-state index contributed by atoms with van der Waals surface area (Å²) in [6, 6.07) is 0. The number of aliphatic hydroxyl groups is 2. The van der Waals surface area contributed by atoms with E-state index in [9.17, 15) is 24.1 Å². The van der Waals surface area contributed by atoms with Crippen LogP contribution in [0, 0.1) is 0 Å². The van der Waals surface area contributed by atoms with Crippen molar-refractivity contribution in [3.63, 3.8) is 0 Å². The molecule has 4 unspecified atom stereocenters. The number of H-pyrrole nitrogens is 1. The molecule has 25 heteroatoms. The highest BCUT2D eigenvalue weighted by Gasteiger charge is 2.54. The third-order valence-electron chi connectivity index (χ3n) is 7.75. The van der Waals surface area contributed by atoms with E-state index in [-0.39, 0.29) is 34.1 Å². The number of nitrogens with two attached hydrogens (primary N) is 2. The molecular weight excluding hydrogens is 674 g/mol. The first kappa shape index (κ1) is 32.1. The molecule has 23 nitrogen and oxygen atoms in total. The molecular formula is C22H28N10O13P2. The van der Waals surface area contributed by atoms with E-state index in [1.165, 1.54) is 28.1 Å². The average Bonchev–Trinajstić information content (AvgIpc) is 3.80. The molecule has 0 radical (unpaired) electrons. The lowest BCUT2D eigenvalue weighted by molar-refractivity contribution is -0.0692. The highest BCUT2D eigenvalue weighted by molar-refractivity contribution is 7.48. The van der Waals surface area contributed by atoms with Crippen molar-refractivity contribution >= 4 is 49.7 Å². The van der Waals surface area contributed by atoms with E-state index in [0.29, 0.717) is 0 Å². The van der Waals surface area contributed by atoms with Crippen LogP contribution in [0.2, 0.25) is 0 Å². The molecule has 47 heavy (non-hydrogen) atoms. The minimum absolute atomic E-state index is 0.0606. The summed E-state index contributed by atoms with van der Waals surface area (Å²) in [7, 11) is -7.07. The Morgan fingerprint density at radius 2 is 1.38 bits per heavy atom. The predicted molar refractivity (Wildman–Crippen MR) is 153 cm³/mol. The normalized spacial score (nSPS) is 36.6. The molecule has 7 heterocycles. The zero-order valence-corrected chi connectivity index (χ0v) is 26.1. The molecule has 0 amide bonds. The standard InChI is InChI=1S/C22H28N10O13P2/c1-38-46(36)41-4-9-13(34)15(21(43-9)32-7-28-11-18(32)29-22(24)30-19(11)35)45-47(37,39-2)40-3-8-12(33)14(44-46)20(42-8)31-6-27-10-16(23)25-5-26-17(10)31/h5-9,12-15,20-21,33-34H,3-4H2,1-2H3,(H2,23,25,26)(H3,24,29,30,35)/t8-,9-,12?,13?,14+,15+,20-,21-,46?,47?/m1/s1. The molecule has 4 aromatic heterocycles. The van der Waals surface area contributed by atoms with Gasteiger partial charge in [-0.2, -0.15) is 4.98 Å². The Morgan fingerprint density at radius 1 is 0.851 bits per heavy atom. The second-order valence-electron chi connectivity index (χ2n) is 10.5. The molecule has 10 atom stereocenters. The van der Waals surface area contributed by atoms with Crippen molar-refractivity contribution in [2.45, 2.75) is 49.1 Å². The molecule has 7 N–H and O–H groups in total. The Morgan fingerprint density at radius 3 is 1.94 bits per heavy atom. The fourth-order valence-corrected chi connectivity index (χ4v) is 7.67. The Labute approximate surface area is 262 Å². The number of imidazole rings is 2. The van der Waals surface area contributed by atoms with Crippen molar-refractivity contribution in [2.75, 3.05) is 38.9 Å². The number of aliphatic hydroxyl groups excluding tert-OH is 2. The molecule has 0 saturated carbocycles. The van der Waals surface area contributed by atoms with E-state index < -0.39 is 83.5 Å². The van der Waals surface area contributed by atoms with Gasteiger partial charge in [-0.1, -0.05) is 0 Å². The van der Waals surface area contributed by atoms with Crippen molar-refractivity contribution in [1.29, 1.82) is 0 Å². The van der Waals surface area contributed by atoms with Crippen LogP contribution in [0.1, 0.15) is 12.5 Å². The van der Waals surface area contributed by atoms with Gasteiger partial charge in [0, 0.05) is 14.2 Å². The van der Waals surface area contributed by atoms with Gasteiger partial charge < -0.3 is 31.2 Å². The lowest BCUT2D eigenvalue weighted by Gasteiger charge is -2.27. The maximum absolute atomic E-state index is 13.8. The zero-order valence-electron chi connectivity index (χ0n) is 24.3. The van der Waals surface area contributed by atoms with Gasteiger partial charge in [0.2, 0.25) is 5.95 Å². The molecule has 3 fully saturated rings. The Bertz CT molecular complexity index is 1970. The van der Waals surface area contributed by atoms with E-state index in [0.717, 1.165) is 14.2 Å². The molecule has 0 spiro atoms. The summed E-state index contributed by atoms with van der Waals surface area (Å²) in [5.41, 5.74) is 11.2. The number of aromatic amines is 1. The van der Waals surface area contributed by atoms with Gasteiger partial charge in [0.05, 0.1) is 25.9 Å². The molecule has 3 saturated heterocycles. The maximum Gasteiger partial charge on any atom is 0.475 e. The van der Waals surface area contributed by atoms with Crippen LogP contribution in [0.4, 0.5) is 11.8 Å². The van der Waals surface area contributed by atoms with E-state index in [1.54, 1.807) is 0 Å². The van der Waals surface area contributed by atoms with Gasteiger partial charge in [-0.3, -0.25) is 46.1 Å². The summed E-state index contributed by atoms with van der Waals surface area (Å²) in [4.78, 5) is 35.1. The SMILES string of the molecule is COP1(=O)OC[C@H]2O[C@@H](n3cnc4c(=O)[nH]c(N)nc43)[C@@H](OP(=O)(OC)OC[C@H]3O[C@@H](n4cnc5c(N)ncnc54)[C@@H](O1)C3O)C2O. The number of anilines is 2. The van der Waals surface area contributed by atoms with Gasteiger partial charge in [0.15, 0.2) is 35.1 Å².